The largest absolute Gasteiger partial charge is 0.361 e. The first-order chi connectivity index (χ1) is 10.1. The van der Waals surface area contributed by atoms with Crippen molar-refractivity contribution >= 4 is 22.5 Å². The fourth-order valence-electron chi connectivity index (χ4n) is 2.56. The van der Waals surface area contributed by atoms with Gasteiger partial charge in [-0.05, 0) is 37.6 Å². The van der Waals surface area contributed by atoms with Crippen LogP contribution in [0.4, 0.5) is 0 Å². The van der Waals surface area contributed by atoms with Crippen LogP contribution in [0.2, 0.25) is 5.02 Å². The summed E-state index contributed by atoms with van der Waals surface area (Å²) in [7, 11) is 1.91. The summed E-state index contributed by atoms with van der Waals surface area (Å²) in [6.45, 7) is 3.76. The second kappa shape index (κ2) is 5.92. The molecule has 2 N–H and O–H groups in total. The molecule has 4 nitrogen and oxygen atoms in total. The van der Waals surface area contributed by atoms with Crippen molar-refractivity contribution in [2.24, 2.45) is 7.05 Å². The number of aromatic amines is 1. The number of nitrogens with zero attached hydrogens (tertiary/aromatic N) is 2. The third-order valence-electron chi connectivity index (χ3n) is 3.80. The van der Waals surface area contributed by atoms with E-state index in [9.17, 15) is 0 Å². The van der Waals surface area contributed by atoms with E-state index in [0.29, 0.717) is 5.02 Å². The molecule has 0 atom stereocenters. The molecule has 0 aliphatic carbocycles. The van der Waals surface area contributed by atoms with Crippen LogP contribution in [0, 0.1) is 6.92 Å². The van der Waals surface area contributed by atoms with Gasteiger partial charge < -0.3 is 10.3 Å². The molecule has 0 spiro atoms. The molecule has 0 amide bonds. The zero-order chi connectivity index (χ0) is 14.8. The van der Waals surface area contributed by atoms with Gasteiger partial charge in [-0.2, -0.15) is 5.10 Å². The SMILES string of the molecule is Cc1ccc2[nH]cc(CCNCc3c(Cl)cnn3C)c2c1. The third-order valence-corrected chi connectivity index (χ3v) is 4.11. The molecule has 21 heavy (non-hydrogen) atoms. The van der Waals surface area contributed by atoms with E-state index in [1.165, 1.54) is 22.0 Å². The first-order valence-corrected chi connectivity index (χ1v) is 7.46. The molecule has 0 aliphatic rings. The number of aromatic nitrogens is 3. The lowest BCUT2D eigenvalue weighted by atomic mass is 10.1. The van der Waals surface area contributed by atoms with Crippen LogP contribution >= 0.6 is 11.6 Å². The first-order valence-electron chi connectivity index (χ1n) is 7.09. The smallest absolute Gasteiger partial charge is 0.0831 e. The van der Waals surface area contributed by atoms with Gasteiger partial charge >= 0.3 is 0 Å². The molecule has 2 aromatic heterocycles. The highest BCUT2D eigenvalue weighted by Crippen LogP contribution is 2.20. The van der Waals surface area contributed by atoms with Gasteiger partial charge in [-0.3, -0.25) is 4.68 Å². The van der Waals surface area contributed by atoms with Gasteiger partial charge in [0.05, 0.1) is 16.9 Å². The molecular formula is C16H19ClN4. The maximum absolute atomic E-state index is 6.09. The summed E-state index contributed by atoms with van der Waals surface area (Å²) in [4.78, 5) is 3.33. The average molecular weight is 303 g/mol. The number of fused-ring (bicyclic) bond motifs is 1. The second-order valence-electron chi connectivity index (χ2n) is 5.35. The molecule has 0 aliphatic heterocycles. The van der Waals surface area contributed by atoms with Crippen molar-refractivity contribution in [3.63, 3.8) is 0 Å². The number of hydrogen-bond acceptors (Lipinski definition) is 2. The molecular weight excluding hydrogens is 284 g/mol. The minimum absolute atomic E-state index is 0.715. The van der Waals surface area contributed by atoms with Crippen LogP contribution in [0.3, 0.4) is 0 Å². The molecule has 0 unspecified atom stereocenters. The summed E-state index contributed by atoms with van der Waals surface area (Å²) in [6, 6.07) is 6.50. The number of hydrogen-bond donors (Lipinski definition) is 2. The van der Waals surface area contributed by atoms with E-state index in [4.69, 9.17) is 11.6 Å². The summed E-state index contributed by atoms with van der Waals surface area (Å²) in [5.41, 5.74) is 4.85. The van der Waals surface area contributed by atoms with Crippen molar-refractivity contribution in [1.29, 1.82) is 0 Å². The molecule has 2 heterocycles. The fraction of sp³-hybridized carbons (Fsp3) is 0.312. The van der Waals surface area contributed by atoms with Crippen LogP contribution in [0.15, 0.2) is 30.6 Å². The maximum atomic E-state index is 6.09. The Morgan fingerprint density at radius 3 is 3.00 bits per heavy atom. The van der Waals surface area contributed by atoms with E-state index in [1.807, 2.05) is 11.7 Å². The van der Waals surface area contributed by atoms with Crippen LogP contribution in [0.25, 0.3) is 10.9 Å². The van der Waals surface area contributed by atoms with Crippen molar-refractivity contribution < 1.29 is 0 Å². The van der Waals surface area contributed by atoms with Gasteiger partial charge in [0.1, 0.15) is 0 Å². The van der Waals surface area contributed by atoms with Gasteiger partial charge in [0.15, 0.2) is 0 Å². The topological polar surface area (TPSA) is 45.6 Å². The van der Waals surface area contributed by atoms with Crippen LogP contribution < -0.4 is 5.32 Å². The zero-order valence-electron chi connectivity index (χ0n) is 12.3. The van der Waals surface area contributed by atoms with Crippen molar-refractivity contribution in [2.75, 3.05) is 6.54 Å². The molecule has 0 saturated carbocycles. The van der Waals surface area contributed by atoms with Crippen LogP contribution in [-0.2, 0) is 20.0 Å². The molecule has 3 rings (SSSR count). The van der Waals surface area contributed by atoms with E-state index in [2.05, 4.69) is 46.7 Å². The minimum atomic E-state index is 0.715. The summed E-state index contributed by atoms with van der Waals surface area (Å²) < 4.78 is 1.81. The Morgan fingerprint density at radius 1 is 1.38 bits per heavy atom. The Bertz CT molecular complexity index is 737. The predicted molar refractivity (Wildman–Crippen MR) is 86.7 cm³/mol. The summed E-state index contributed by atoms with van der Waals surface area (Å²) in [6.07, 6.45) is 4.77. The third kappa shape index (κ3) is 2.96. The van der Waals surface area contributed by atoms with Gasteiger partial charge in [0.2, 0.25) is 0 Å². The van der Waals surface area contributed by atoms with Crippen LogP contribution in [0.1, 0.15) is 16.8 Å². The van der Waals surface area contributed by atoms with Crippen molar-refractivity contribution in [1.82, 2.24) is 20.1 Å². The van der Waals surface area contributed by atoms with Gasteiger partial charge in [-0.1, -0.05) is 23.2 Å². The number of benzene rings is 1. The van der Waals surface area contributed by atoms with E-state index >= 15 is 0 Å². The van der Waals surface area contributed by atoms with E-state index < -0.39 is 0 Å². The summed E-state index contributed by atoms with van der Waals surface area (Å²) in [5, 5.41) is 9.59. The highest BCUT2D eigenvalue weighted by molar-refractivity contribution is 6.31. The first kappa shape index (κ1) is 14.2. The van der Waals surface area contributed by atoms with Crippen LogP contribution in [0.5, 0.6) is 0 Å². The molecule has 3 aromatic rings. The number of halogens is 1. The standard InChI is InChI=1S/C16H19ClN4/c1-11-3-4-15-13(7-11)12(8-19-15)5-6-18-10-16-14(17)9-20-21(16)2/h3-4,7-9,18-19H,5-6,10H2,1-2H3. The van der Waals surface area contributed by atoms with Gasteiger partial charge in [-0.25, -0.2) is 0 Å². The normalized spacial score (nSPS) is 11.4. The molecule has 5 heteroatoms. The number of rotatable bonds is 5. The number of H-pyrrole nitrogens is 1. The Hall–Kier alpha value is -1.78. The molecule has 0 fully saturated rings. The van der Waals surface area contributed by atoms with Crippen molar-refractivity contribution in [3.8, 4) is 0 Å². The van der Waals surface area contributed by atoms with Gasteiger partial charge in [0, 0.05) is 30.7 Å². The lowest BCUT2D eigenvalue weighted by molar-refractivity contribution is 0.626. The molecule has 0 saturated heterocycles. The molecule has 0 bridgehead atoms. The second-order valence-corrected chi connectivity index (χ2v) is 5.76. The summed E-state index contributed by atoms with van der Waals surface area (Å²) >= 11 is 6.09. The monoisotopic (exact) mass is 302 g/mol. The highest BCUT2D eigenvalue weighted by Gasteiger charge is 2.06. The van der Waals surface area contributed by atoms with E-state index in [1.54, 1.807) is 6.20 Å². The minimum Gasteiger partial charge on any atom is -0.361 e. The molecule has 110 valence electrons. The molecule has 1 aromatic carbocycles. The number of nitrogens with one attached hydrogen (secondary N) is 2. The fourth-order valence-corrected chi connectivity index (χ4v) is 2.80. The Labute approximate surface area is 129 Å². The quantitative estimate of drug-likeness (QED) is 0.711. The van der Waals surface area contributed by atoms with Gasteiger partial charge in [-0.15, -0.1) is 0 Å². The highest BCUT2D eigenvalue weighted by atomic mass is 35.5. The Kier molecular flexibility index (Phi) is 3.99. The Balaban J connectivity index is 1.61. The average Bonchev–Trinajstić information content (AvgIpc) is 3.00. The van der Waals surface area contributed by atoms with Crippen LogP contribution in [-0.4, -0.2) is 21.3 Å². The Morgan fingerprint density at radius 2 is 2.24 bits per heavy atom. The lowest BCUT2D eigenvalue weighted by Gasteiger charge is -2.06. The maximum Gasteiger partial charge on any atom is 0.0831 e. The van der Waals surface area contributed by atoms with Crippen molar-refractivity contribution in [2.45, 2.75) is 19.9 Å². The van der Waals surface area contributed by atoms with Gasteiger partial charge in [0.25, 0.3) is 0 Å². The zero-order valence-corrected chi connectivity index (χ0v) is 13.0. The van der Waals surface area contributed by atoms with E-state index in [0.717, 1.165) is 25.2 Å². The van der Waals surface area contributed by atoms with E-state index in [-0.39, 0.29) is 0 Å². The number of aryl methyl sites for hydroxylation is 2. The lowest BCUT2D eigenvalue weighted by Crippen LogP contribution is -2.18. The molecule has 0 radical (unpaired) electrons. The van der Waals surface area contributed by atoms with Crippen molar-refractivity contribution in [3.05, 3.63) is 52.4 Å². The predicted octanol–water partition coefficient (Wildman–Crippen LogP) is 3.20. The summed E-state index contributed by atoms with van der Waals surface area (Å²) in [5.74, 6) is 0.